The number of hydrogen-bond acceptors (Lipinski definition) is 3. The van der Waals surface area contributed by atoms with Crippen LogP contribution < -0.4 is 5.32 Å². The van der Waals surface area contributed by atoms with Crippen LogP contribution in [0.2, 0.25) is 0 Å². The van der Waals surface area contributed by atoms with E-state index >= 15 is 0 Å². The van der Waals surface area contributed by atoms with E-state index in [-0.39, 0.29) is 11.8 Å². The average Bonchev–Trinajstić information content (AvgIpc) is 2.76. The summed E-state index contributed by atoms with van der Waals surface area (Å²) in [6, 6.07) is 0. The molecule has 0 aliphatic carbocycles. The normalized spacial score (nSPS) is 25.1. The van der Waals surface area contributed by atoms with Crippen LogP contribution in [0.5, 0.6) is 0 Å². The summed E-state index contributed by atoms with van der Waals surface area (Å²) in [6.45, 7) is 6.09. The van der Waals surface area contributed by atoms with E-state index in [2.05, 4.69) is 19.2 Å². The van der Waals surface area contributed by atoms with Crippen molar-refractivity contribution in [3.8, 4) is 0 Å². The molecule has 0 aromatic carbocycles. The first-order chi connectivity index (χ1) is 8.52. The fraction of sp³-hybridized carbons (Fsp3) is 0.929. The van der Waals surface area contributed by atoms with Gasteiger partial charge in [0.2, 0.25) is 5.91 Å². The lowest BCUT2D eigenvalue weighted by atomic mass is 9.96. The molecule has 0 aromatic rings. The Kier molecular flexibility index (Phi) is 6.09. The topological polar surface area (TPSA) is 52.6 Å². The van der Waals surface area contributed by atoms with Crippen molar-refractivity contribution in [1.29, 1.82) is 0 Å². The Morgan fingerprint density at radius 3 is 2.72 bits per heavy atom. The van der Waals surface area contributed by atoms with E-state index in [1.807, 2.05) is 7.05 Å². The molecule has 4 nitrogen and oxygen atoms in total. The Morgan fingerprint density at radius 2 is 2.22 bits per heavy atom. The number of β-amino-alcohol motifs (C(OH)–C–C–N with tert-alkyl or cyclic N) is 1. The molecule has 2 unspecified atom stereocenters. The minimum atomic E-state index is -0.729. The standard InChI is InChI=1S/C14H28N2O2/c1-4-6-7-12(5-2)13(17)16(3)11-14(18)8-9-15-10-14/h12,15,18H,4-11H2,1-3H3. The second-order valence-corrected chi connectivity index (χ2v) is 5.59. The van der Waals surface area contributed by atoms with Gasteiger partial charge in [-0.15, -0.1) is 0 Å². The van der Waals surface area contributed by atoms with Crippen molar-refractivity contribution in [2.75, 3.05) is 26.7 Å². The molecule has 1 aliphatic heterocycles. The number of unbranched alkanes of at least 4 members (excludes halogenated alkanes) is 1. The quantitative estimate of drug-likeness (QED) is 0.723. The van der Waals surface area contributed by atoms with E-state index < -0.39 is 5.60 Å². The molecule has 4 heteroatoms. The number of carbonyl (C=O) groups excluding carboxylic acids is 1. The van der Waals surface area contributed by atoms with E-state index in [4.69, 9.17) is 0 Å². The van der Waals surface area contributed by atoms with Gasteiger partial charge >= 0.3 is 0 Å². The highest BCUT2D eigenvalue weighted by Crippen LogP contribution is 2.19. The van der Waals surface area contributed by atoms with E-state index in [9.17, 15) is 9.90 Å². The van der Waals surface area contributed by atoms with Crippen LogP contribution in [0.15, 0.2) is 0 Å². The molecule has 2 N–H and O–H groups in total. The predicted molar refractivity (Wildman–Crippen MR) is 73.4 cm³/mol. The van der Waals surface area contributed by atoms with Gasteiger partial charge in [-0.2, -0.15) is 0 Å². The fourth-order valence-electron chi connectivity index (χ4n) is 2.65. The minimum absolute atomic E-state index is 0.118. The lowest BCUT2D eigenvalue weighted by Gasteiger charge is -2.30. The summed E-state index contributed by atoms with van der Waals surface area (Å²) in [5.74, 6) is 0.305. The van der Waals surface area contributed by atoms with Crippen molar-refractivity contribution in [1.82, 2.24) is 10.2 Å². The first-order valence-corrected chi connectivity index (χ1v) is 7.20. The SMILES string of the molecule is CCCCC(CC)C(=O)N(C)CC1(O)CCNC1. The van der Waals surface area contributed by atoms with Crippen molar-refractivity contribution in [2.45, 2.75) is 51.6 Å². The van der Waals surface area contributed by atoms with Crippen LogP contribution in [-0.4, -0.2) is 48.2 Å². The van der Waals surface area contributed by atoms with Crippen molar-refractivity contribution >= 4 is 5.91 Å². The van der Waals surface area contributed by atoms with E-state index in [1.165, 1.54) is 0 Å². The molecule has 0 spiro atoms. The molecule has 1 fully saturated rings. The van der Waals surface area contributed by atoms with E-state index in [0.717, 1.165) is 38.6 Å². The predicted octanol–water partition coefficient (Wildman–Crippen LogP) is 1.39. The van der Waals surface area contributed by atoms with Crippen molar-refractivity contribution in [3.63, 3.8) is 0 Å². The summed E-state index contributed by atoms with van der Waals surface area (Å²) in [5, 5.41) is 13.4. The highest BCUT2D eigenvalue weighted by molar-refractivity contribution is 5.78. The Labute approximate surface area is 111 Å². The molecule has 0 bridgehead atoms. The van der Waals surface area contributed by atoms with Crippen molar-refractivity contribution in [2.24, 2.45) is 5.92 Å². The molecule has 18 heavy (non-hydrogen) atoms. The number of hydrogen-bond donors (Lipinski definition) is 2. The summed E-state index contributed by atoms with van der Waals surface area (Å²) in [6.07, 6.45) is 4.81. The number of carbonyl (C=O) groups is 1. The molecular weight excluding hydrogens is 228 g/mol. The average molecular weight is 256 g/mol. The number of aliphatic hydroxyl groups is 1. The molecule has 1 aliphatic rings. The Hall–Kier alpha value is -0.610. The largest absolute Gasteiger partial charge is 0.387 e. The van der Waals surface area contributed by atoms with Crippen LogP contribution in [0.3, 0.4) is 0 Å². The lowest BCUT2D eigenvalue weighted by molar-refractivity contribution is -0.137. The molecule has 1 rings (SSSR count). The third-order valence-electron chi connectivity index (χ3n) is 3.88. The van der Waals surface area contributed by atoms with E-state index in [0.29, 0.717) is 13.1 Å². The first kappa shape index (κ1) is 15.4. The first-order valence-electron chi connectivity index (χ1n) is 7.20. The van der Waals surface area contributed by atoms with Crippen molar-refractivity contribution in [3.05, 3.63) is 0 Å². The van der Waals surface area contributed by atoms with E-state index in [1.54, 1.807) is 4.90 Å². The summed E-state index contributed by atoms with van der Waals surface area (Å²) < 4.78 is 0. The van der Waals surface area contributed by atoms with Crippen LogP contribution in [0, 0.1) is 5.92 Å². The Balaban J connectivity index is 2.48. The zero-order valence-electron chi connectivity index (χ0n) is 12.0. The van der Waals surface area contributed by atoms with Crippen LogP contribution in [0.1, 0.15) is 46.0 Å². The van der Waals surface area contributed by atoms with Gasteiger partial charge in [-0.1, -0.05) is 26.7 Å². The second-order valence-electron chi connectivity index (χ2n) is 5.59. The third-order valence-corrected chi connectivity index (χ3v) is 3.88. The molecular formula is C14H28N2O2. The van der Waals surface area contributed by atoms with Crippen LogP contribution >= 0.6 is 0 Å². The van der Waals surface area contributed by atoms with Gasteiger partial charge in [-0.25, -0.2) is 0 Å². The maximum absolute atomic E-state index is 12.3. The van der Waals surface area contributed by atoms with Gasteiger partial charge in [0, 0.05) is 19.5 Å². The smallest absolute Gasteiger partial charge is 0.225 e. The molecule has 1 saturated heterocycles. The highest BCUT2D eigenvalue weighted by atomic mass is 16.3. The fourth-order valence-corrected chi connectivity index (χ4v) is 2.65. The number of nitrogens with one attached hydrogen (secondary N) is 1. The van der Waals surface area contributed by atoms with Gasteiger partial charge in [0.05, 0.1) is 12.1 Å². The molecule has 0 saturated carbocycles. The molecule has 2 atom stereocenters. The number of nitrogens with zero attached hydrogens (tertiary/aromatic N) is 1. The third kappa shape index (κ3) is 4.25. The number of likely N-dealkylation sites (N-methyl/N-ethyl adjacent to an activating group) is 1. The van der Waals surface area contributed by atoms with Gasteiger partial charge in [0.1, 0.15) is 0 Å². The maximum atomic E-state index is 12.3. The van der Waals surface area contributed by atoms with Gasteiger partial charge in [-0.3, -0.25) is 4.79 Å². The van der Waals surface area contributed by atoms with Gasteiger partial charge in [0.15, 0.2) is 0 Å². The second kappa shape index (κ2) is 7.10. The summed E-state index contributed by atoms with van der Waals surface area (Å²) in [4.78, 5) is 14.0. The summed E-state index contributed by atoms with van der Waals surface area (Å²) in [5.41, 5.74) is -0.729. The van der Waals surface area contributed by atoms with Crippen LogP contribution in [-0.2, 0) is 4.79 Å². The lowest BCUT2D eigenvalue weighted by Crippen LogP contribution is -2.46. The van der Waals surface area contributed by atoms with Crippen LogP contribution in [0.25, 0.3) is 0 Å². The van der Waals surface area contributed by atoms with Gasteiger partial charge in [0.25, 0.3) is 0 Å². The molecule has 0 radical (unpaired) electrons. The molecule has 0 aromatic heterocycles. The maximum Gasteiger partial charge on any atom is 0.225 e. The molecule has 1 heterocycles. The monoisotopic (exact) mass is 256 g/mol. The van der Waals surface area contributed by atoms with Crippen LogP contribution in [0.4, 0.5) is 0 Å². The zero-order valence-corrected chi connectivity index (χ0v) is 12.0. The summed E-state index contributed by atoms with van der Waals surface area (Å²) in [7, 11) is 1.81. The Morgan fingerprint density at radius 1 is 1.50 bits per heavy atom. The Bertz CT molecular complexity index is 263. The molecule has 1 amide bonds. The zero-order chi connectivity index (χ0) is 13.6. The minimum Gasteiger partial charge on any atom is -0.387 e. The van der Waals surface area contributed by atoms with Crippen molar-refractivity contribution < 1.29 is 9.90 Å². The molecule has 106 valence electrons. The number of rotatable bonds is 7. The number of amides is 1. The van der Waals surface area contributed by atoms with Gasteiger partial charge in [-0.05, 0) is 25.8 Å². The summed E-state index contributed by atoms with van der Waals surface area (Å²) >= 11 is 0. The highest BCUT2D eigenvalue weighted by Gasteiger charge is 2.34. The van der Waals surface area contributed by atoms with Gasteiger partial charge < -0.3 is 15.3 Å².